The fourth-order valence-corrected chi connectivity index (χ4v) is 5.84. The monoisotopic (exact) mass is 489 g/mol. The summed E-state index contributed by atoms with van der Waals surface area (Å²) in [6.07, 6.45) is 3.38. The van der Waals surface area contributed by atoms with Gasteiger partial charge in [-0.2, -0.15) is 0 Å². The first kappa shape index (κ1) is 22.5. The maximum atomic E-state index is 12.2. The Bertz CT molecular complexity index is 1690. The number of nitrogens with zero attached hydrogens (tertiary/aromatic N) is 4. The molecular weight excluding hydrogens is 466 g/mol. The van der Waals surface area contributed by atoms with Crippen molar-refractivity contribution in [3.8, 4) is 22.5 Å². The second-order valence-electron chi connectivity index (χ2n) is 9.25. The van der Waals surface area contributed by atoms with E-state index in [9.17, 15) is 8.42 Å². The van der Waals surface area contributed by atoms with E-state index in [4.69, 9.17) is 10.1 Å². The Labute approximate surface area is 201 Å². The van der Waals surface area contributed by atoms with Gasteiger partial charge in [-0.05, 0) is 41.7 Å². The maximum absolute atomic E-state index is 12.2. The number of rotatable bonds is 3. The van der Waals surface area contributed by atoms with Crippen molar-refractivity contribution in [3.05, 3.63) is 65.6 Å². The Morgan fingerprint density at radius 3 is 2.47 bits per heavy atom. The summed E-state index contributed by atoms with van der Waals surface area (Å²) in [7, 11) is -3.84. The number of benzene rings is 2. The first-order valence-corrected chi connectivity index (χ1v) is 13.1. The summed E-state index contributed by atoms with van der Waals surface area (Å²) in [6, 6.07) is 11.2. The van der Waals surface area contributed by atoms with Gasteiger partial charge in [0.2, 0.25) is 10.0 Å². The Balaban J connectivity index is 1.66. The molecule has 0 aliphatic heterocycles. The van der Waals surface area contributed by atoms with Crippen LogP contribution in [0.3, 0.4) is 0 Å². The van der Waals surface area contributed by atoms with E-state index < -0.39 is 15.4 Å². The van der Waals surface area contributed by atoms with E-state index in [1.165, 1.54) is 0 Å². The van der Waals surface area contributed by atoms with Crippen molar-refractivity contribution < 1.29 is 8.42 Å². The molecule has 0 spiro atoms. The Hall–Kier alpha value is -3.27. The summed E-state index contributed by atoms with van der Waals surface area (Å²) in [5.41, 5.74) is 5.52. The Kier molecular flexibility index (Phi) is 5.23. The summed E-state index contributed by atoms with van der Waals surface area (Å²) in [5, 5.41) is 8.51. The zero-order valence-electron chi connectivity index (χ0n) is 19.2. The van der Waals surface area contributed by atoms with Crippen molar-refractivity contribution in [2.24, 2.45) is 5.14 Å². The molecule has 7 nitrogen and oxygen atoms in total. The molecule has 2 N–H and O–H groups in total. The summed E-state index contributed by atoms with van der Waals surface area (Å²) < 4.78 is 25.3. The molecule has 9 heteroatoms. The number of hydrogen-bond donors (Lipinski definition) is 1. The molecule has 5 rings (SSSR count). The molecule has 3 heterocycles. The van der Waals surface area contributed by atoms with Crippen molar-refractivity contribution in [1.82, 2.24) is 19.9 Å². The van der Waals surface area contributed by atoms with Crippen molar-refractivity contribution in [2.75, 3.05) is 0 Å². The standard InChI is InChI=1S/C25H23N5O2S2/c1-14-17-7-5-16(10-20(17)29-13-28-14)24-27-11-21-23(30-24)18(12-33-21)15-6-8-22(34(26,31)32)19(9-15)25(2,3)4/h5-13H,1-4H3,(H2,26,31,32). The summed E-state index contributed by atoms with van der Waals surface area (Å²) in [4.78, 5) is 18.2. The number of fused-ring (bicyclic) bond motifs is 2. The van der Waals surface area contributed by atoms with Gasteiger partial charge in [-0.25, -0.2) is 33.5 Å². The number of sulfonamides is 1. The third kappa shape index (κ3) is 3.96. The van der Waals surface area contributed by atoms with E-state index in [1.807, 2.05) is 63.5 Å². The van der Waals surface area contributed by atoms with Crippen LogP contribution in [0.4, 0.5) is 0 Å². The third-order valence-electron chi connectivity index (χ3n) is 5.81. The van der Waals surface area contributed by atoms with Crippen LogP contribution in [-0.4, -0.2) is 28.4 Å². The highest BCUT2D eigenvalue weighted by atomic mass is 32.2. The molecule has 34 heavy (non-hydrogen) atoms. The Morgan fingerprint density at radius 1 is 0.971 bits per heavy atom. The minimum absolute atomic E-state index is 0.145. The fourth-order valence-electron chi connectivity index (χ4n) is 4.03. The van der Waals surface area contributed by atoms with E-state index in [1.54, 1.807) is 29.8 Å². The van der Waals surface area contributed by atoms with Crippen LogP contribution in [0.15, 0.2) is 59.2 Å². The lowest BCUT2D eigenvalue weighted by atomic mass is 9.85. The number of hydrogen-bond acceptors (Lipinski definition) is 7. The fraction of sp³-hybridized carbons (Fsp3) is 0.200. The zero-order valence-corrected chi connectivity index (χ0v) is 20.8. The number of aromatic nitrogens is 4. The molecular formula is C25H23N5O2S2. The van der Waals surface area contributed by atoms with Gasteiger partial charge in [0.15, 0.2) is 5.82 Å². The smallest absolute Gasteiger partial charge is 0.238 e. The molecule has 0 saturated heterocycles. The van der Waals surface area contributed by atoms with Crippen LogP contribution in [0.1, 0.15) is 32.0 Å². The normalized spacial score (nSPS) is 12.5. The zero-order chi connectivity index (χ0) is 24.3. The predicted octanol–water partition coefficient (Wildman–Crippen LogP) is 5.22. The molecule has 172 valence electrons. The minimum atomic E-state index is -3.84. The molecule has 0 bridgehead atoms. The lowest BCUT2D eigenvalue weighted by molar-refractivity contribution is 0.562. The van der Waals surface area contributed by atoms with Crippen LogP contribution in [0.2, 0.25) is 0 Å². The van der Waals surface area contributed by atoms with Gasteiger partial charge in [-0.3, -0.25) is 0 Å². The van der Waals surface area contributed by atoms with Gasteiger partial charge in [-0.1, -0.05) is 39.0 Å². The van der Waals surface area contributed by atoms with E-state index in [-0.39, 0.29) is 4.90 Å². The molecule has 0 unspecified atom stereocenters. The van der Waals surface area contributed by atoms with Crippen molar-refractivity contribution in [1.29, 1.82) is 0 Å². The molecule has 2 aromatic carbocycles. The molecule has 5 aromatic rings. The molecule has 0 saturated carbocycles. The lowest BCUT2D eigenvalue weighted by Crippen LogP contribution is -2.21. The van der Waals surface area contributed by atoms with Crippen molar-refractivity contribution in [2.45, 2.75) is 38.0 Å². The van der Waals surface area contributed by atoms with Crippen molar-refractivity contribution in [3.63, 3.8) is 0 Å². The highest BCUT2D eigenvalue weighted by Gasteiger charge is 2.25. The van der Waals surface area contributed by atoms with Crippen LogP contribution in [0.25, 0.3) is 43.6 Å². The predicted molar refractivity (Wildman–Crippen MR) is 136 cm³/mol. The highest BCUT2D eigenvalue weighted by Crippen LogP contribution is 2.37. The van der Waals surface area contributed by atoms with Gasteiger partial charge in [0, 0.05) is 33.8 Å². The molecule has 0 fully saturated rings. The lowest BCUT2D eigenvalue weighted by Gasteiger charge is -2.23. The van der Waals surface area contributed by atoms with Gasteiger partial charge in [0.05, 0.1) is 20.6 Å². The third-order valence-corrected chi connectivity index (χ3v) is 7.69. The maximum Gasteiger partial charge on any atom is 0.238 e. The summed E-state index contributed by atoms with van der Waals surface area (Å²) >= 11 is 1.55. The second kappa shape index (κ2) is 7.90. The van der Waals surface area contributed by atoms with Gasteiger partial charge in [0.25, 0.3) is 0 Å². The number of nitrogens with two attached hydrogens (primary N) is 1. The van der Waals surface area contributed by atoms with E-state index in [2.05, 4.69) is 15.0 Å². The van der Waals surface area contributed by atoms with Crippen LogP contribution >= 0.6 is 11.3 Å². The van der Waals surface area contributed by atoms with Crippen LogP contribution in [-0.2, 0) is 15.4 Å². The van der Waals surface area contributed by atoms with Crippen LogP contribution in [0.5, 0.6) is 0 Å². The number of primary sulfonamides is 1. The van der Waals surface area contributed by atoms with Crippen molar-refractivity contribution >= 4 is 42.5 Å². The summed E-state index contributed by atoms with van der Waals surface area (Å²) in [5.74, 6) is 0.600. The van der Waals surface area contributed by atoms with Gasteiger partial charge >= 0.3 is 0 Å². The molecule has 3 aromatic heterocycles. The minimum Gasteiger partial charge on any atom is -0.241 e. The van der Waals surface area contributed by atoms with Crippen LogP contribution < -0.4 is 5.14 Å². The van der Waals surface area contributed by atoms with Gasteiger partial charge in [-0.15, -0.1) is 11.3 Å². The van der Waals surface area contributed by atoms with E-state index >= 15 is 0 Å². The second-order valence-corrected chi connectivity index (χ2v) is 11.7. The highest BCUT2D eigenvalue weighted by molar-refractivity contribution is 7.89. The van der Waals surface area contributed by atoms with E-state index in [0.717, 1.165) is 43.5 Å². The molecule has 0 aliphatic carbocycles. The number of thiophene rings is 1. The number of aryl methyl sites for hydroxylation is 1. The van der Waals surface area contributed by atoms with E-state index in [0.29, 0.717) is 11.4 Å². The summed E-state index contributed by atoms with van der Waals surface area (Å²) in [6.45, 7) is 7.87. The van der Waals surface area contributed by atoms with Gasteiger partial charge in [0.1, 0.15) is 6.33 Å². The average molecular weight is 490 g/mol. The van der Waals surface area contributed by atoms with Crippen LogP contribution in [0, 0.1) is 6.92 Å². The Morgan fingerprint density at radius 2 is 1.74 bits per heavy atom. The molecule has 0 aliphatic rings. The SMILES string of the molecule is Cc1ncnc2cc(-c3ncc4scc(-c5ccc(S(N)(=O)=O)c(C(C)(C)C)c5)c4n3)ccc12. The first-order valence-electron chi connectivity index (χ1n) is 10.7. The quantitative estimate of drug-likeness (QED) is 0.372. The topological polar surface area (TPSA) is 112 Å². The molecule has 0 radical (unpaired) electrons. The van der Waals surface area contributed by atoms with Gasteiger partial charge < -0.3 is 0 Å². The largest absolute Gasteiger partial charge is 0.241 e. The molecule has 0 amide bonds. The molecule has 0 atom stereocenters. The first-order chi connectivity index (χ1) is 16.0. The average Bonchev–Trinajstić information content (AvgIpc) is 3.21.